The molecule has 0 spiro atoms. The zero-order chi connectivity index (χ0) is 22.7. The van der Waals surface area contributed by atoms with Crippen LogP contribution in [0.2, 0.25) is 10.0 Å². The van der Waals surface area contributed by atoms with Gasteiger partial charge in [-0.15, -0.1) is 0 Å². The van der Waals surface area contributed by atoms with Gasteiger partial charge in [0.1, 0.15) is 0 Å². The highest BCUT2D eigenvalue weighted by Gasteiger charge is 2.22. The van der Waals surface area contributed by atoms with Gasteiger partial charge in [-0.3, -0.25) is 4.79 Å². The van der Waals surface area contributed by atoms with Crippen LogP contribution in [0.5, 0.6) is 0 Å². The fourth-order valence-electron chi connectivity index (χ4n) is 3.87. The van der Waals surface area contributed by atoms with Crippen molar-refractivity contribution in [1.29, 1.82) is 0 Å². The number of anilines is 1. The number of ether oxygens (including phenoxy) is 1. The average molecular weight is 478 g/mol. The number of pyridine rings is 1. The summed E-state index contributed by atoms with van der Waals surface area (Å²) in [7, 11) is 0. The predicted octanol–water partition coefficient (Wildman–Crippen LogP) is 3.77. The van der Waals surface area contributed by atoms with Gasteiger partial charge < -0.3 is 20.5 Å². The maximum Gasteiger partial charge on any atom is 0.255 e. The maximum absolute atomic E-state index is 13.2. The normalized spacial score (nSPS) is 14.6. The van der Waals surface area contributed by atoms with Crippen LogP contribution in [0.4, 0.5) is 5.69 Å². The van der Waals surface area contributed by atoms with Gasteiger partial charge in [-0.1, -0.05) is 29.3 Å². The van der Waals surface area contributed by atoms with E-state index in [4.69, 9.17) is 27.9 Å². The van der Waals surface area contributed by atoms with E-state index in [0.29, 0.717) is 52.2 Å². The molecule has 1 saturated heterocycles. The molecule has 2 aromatic heterocycles. The van der Waals surface area contributed by atoms with Gasteiger partial charge in [-0.25, -0.2) is 9.67 Å². The number of hydrogen-bond donors (Lipinski definition) is 3. The number of rotatable bonds is 7. The molecule has 0 bridgehead atoms. The minimum atomic E-state index is -0.307. The molecule has 170 valence electrons. The molecule has 10 heteroatoms. The third-order valence-electron chi connectivity index (χ3n) is 5.67. The Balaban J connectivity index is 1.65. The first-order valence-electron chi connectivity index (χ1n) is 10.6. The molecule has 0 saturated carbocycles. The van der Waals surface area contributed by atoms with Crippen molar-refractivity contribution < 1.29 is 14.6 Å². The third kappa shape index (κ3) is 4.54. The molecule has 4 rings (SSSR count). The molecule has 0 aliphatic carbocycles. The van der Waals surface area contributed by atoms with Gasteiger partial charge in [0.25, 0.3) is 5.91 Å². The number of aryl methyl sites for hydroxylation is 1. The lowest BCUT2D eigenvalue weighted by Crippen LogP contribution is -2.30. The van der Waals surface area contributed by atoms with Crippen molar-refractivity contribution >= 4 is 45.8 Å². The number of carbonyl (C=O) groups excluding carboxylic acids is 1. The molecule has 3 N–H and O–H groups in total. The molecule has 3 aromatic rings. The number of fused-ring (bicyclic) bond motifs is 1. The van der Waals surface area contributed by atoms with E-state index in [1.54, 1.807) is 29.2 Å². The van der Waals surface area contributed by atoms with Crippen LogP contribution in [-0.4, -0.2) is 45.0 Å². The number of nitrogens with one attached hydrogen (secondary N) is 2. The number of benzene rings is 1. The van der Waals surface area contributed by atoms with E-state index in [2.05, 4.69) is 20.7 Å². The molecule has 3 heterocycles. The van der Waals surface area contributed by atoms with Gasteiger partial charge >= 0.3 is 0 Å². The Morgan fingerprint density at radius 3 is 2.78 bits per heavy atom. The van der Waals surface area contributed by atoms with Gasteiger partial charge in [0.2, 0.25) is 0 Å². The van der Waals surface area contributed by atoms with Crippen molar-refractivity contribution in [3.8, 4) is 0 Å². The van der Waals surface area contributed by atoms with E-state index in [1.165, 1.54) is 0 Å². The third-order valence-corrected chi connectivity index (χ3v) is 6.51. The van der Waals surface area contributed by atoms with Crippen molar-refractivity contribution in [2.75, 3.05) is 18.5 Å². The van der Waals surface area contributed by atoms with Gasteiger partial charge in [0.15, 0.2) is 5.65 Å². The van der Waals surface area contributed by atoms with Crippen LogP contribution in [0.3, 0.4) is 0 Å². The highest BCUT2D eigenvalue weighted by molar-refractivity contribution is 6.42. The van der Waals surface area contributed by atoms with E-state index >= 15 is 0 Å². The Kier molecular flexibility index (Phi) is 7.15. The monoisotopic (exact) mass is 477 g/mol. The van der Waals surface area contributed by atoms with Crippen LogP contribution < -0.4 is 10.6 Å². The van der Waals surface area contributed by atoms with Crippen molar-refractivity contribution in [2.24, 2.45) is 0 Å². The zero-order valence-electron chi connectivity index (χ0n) is 17.7. The van der Waals surface area contributed by atoms with Crippen LogP contribution >= 0.6 is 23.2 Å². The quantitative estimate of drug-likeness (QED) is 0.478. The van der Waals surface area contributed by atoms with E-state index in [0.717, 1.165) is 23.9 Å². The van der Waals surface area contributed by atoms with Crippen LogP contribution in [0.15, 0.2) is 24.5 Å². The molecule has 1 aliphatic heterocycles. The fourth-order valence-corrected chi connectivity index (χ4v) is 4.30. The zero-order valence-corrected chi connectivity index (χ0v) is 19.2. The first kappa shape index (κ1) is 22.8. The average Bonchev–Trinajstić information content (AvgIpc) is 3.24. The lowest BCUT2D eigenvalue weighted by Gasteiger charge is -2.25. The number of halogens is 2. The summed E-state index contributed by atoms with van der Waals surface area (Å²) in [5.41, 5.74) is 3.04. The number of aliphatic hydroxyl groups is 1. The second-order valence-electron chi connectivity index (χ2n) is 7.62. The Morgan fingerprint density at radius 1 is 1.28 bits per heavy atom. The predicted molar refractivity (Wildman–Crippen MR) is 124 cm³/mol. The molecule has 1 fully saturated rings. The fraction of sp³-hybridized carbons (Fsp3) is 0.409. The summed E-state index contributed by atoms with van der Waals surface area (Å²) < 4.78 is 7.26. The largest absolute Gasteiger partial charge is 0.392 e. The molecule has 1 aromatic carbocycles. The summed E-state index contributed by atoms with van der Waals surface area (Å²) in [5.74, 6) is -0.307. The summed E-state index contributed by atoms with van der Waals surface area (Å²) in [6.07, 6.45) is 5.01. The molecule has 1 aliphatic rings. The number of aromatic nitrogens is 3. The van der Waals surface area contributed by atoms with Crippen LogP contribution in [-0.2, 0) is 24.4 Å². The SMILES string of the molecule is CCn1ncc2c(NC3CCOCC3)c(C(=O)NCc3c(CO)ccc(Cl)c3Cl)cnc21. The smallest absolute Gasteiger partial charge is 0.255 e. The highest BCUT2D eigenvalue weighted by atomic mass is 35.5. The molecule has 0 atom stereocenters. The summed E-state index contributed by atoms with van der Waals surface area (Å²) in [6, 6.07) is 3.51. The van der Waals surface area contributed by atoms with Crippen molar-refractivity contribution in [1.82, 2.24) is 20.1 Å². The van der Waals surface area contributed by atoms with E-state index in [1.807, 2.05) is 6.92 Å². The molecule has 8 nitrogen and oxygen atoms in total. The molecular weight excluding hydrogens is 453 g/mol. The summed E-state index contributed by atoms with van der Waals surface area (Å²) >= 11 is 12.4. The van der Waals surface area contributed by atoms with E-state index in [-0.39, 0.29) is 25.1 Å². The first-order valence-corrected chi connectivity index (χ1v) is 11.3. The second-order valence-corrected chi connectivity index (χ2v) is 8.40. The van der Waals surface area contributed by atoms with E-state index < -0.39 is 0 Å². The molecule has 32 heavy (non-hydrogen) atoms. The van der Waals surface area contributed by atoms with Crippen LogP contribution in [0.25, 0.3) is 11.0 Å². The lowest BCUT2D eigenvalue weighted by atomic mass is 10.1. The standard InChI is InChI=1S/C22H25Cl2N5O3/c1-2-29-21-16(11-27-29)20(28-14-5-7-32-8-6-14)17(10-25-21)22(31)26-9-15-13(12-30)3-4-18(23)19(15)24/h3-4,10-11,14,30H,2,5-9,12H2,1H3,(H,25,28)(H,26,31). The Labute approximate surface area is 195 Å². The van der Waals surface area contributed by atoms with Gasteiger partial charge in [-0.05, 0) is 37.0 Å². The summed E-state index contributed by atoms with van der Waals surface area (Å²) in [6.45, 7) is 3.95. The minimum absolute atomic E-state index is 0.122. The minimum Gasteiger partial charge on any atom is -0.392 e. The summed E-state index contributed by atoms with van der Waals surface area (Å²) in [4.78, 5) is 17.7. The lowest BCUT2D eigenvalue weighted by molar-refractivity contribution is 0.0904. The number of nitrogens with zero attached hydrogens (tertiary/aromatic N) is 3. The van der Waals surface area contributed by atoms with Crippen molar-refractivity contribution in [2.45, 2.75) is 45.5 Å². The second kappa shape index (κ2) is 10.0. The first-order chi connectivity index (χ1) is 15.5. The maximum atomic E-state index is 13.2. The highest BCUT2D eigenvalue weighted by Crippen LogP contribution is 2.30. The van der Waals surface area contributed by atoms with Gasteiger partial charge in [0, 0.05) is 38.5 Å². The Morgan fingerprint density at radius 2 is 2.06 bits per heavy atom. The van der Waals surface area contributed by atoms with Crippen molar-refractivity contribution in [3.63, 3.8) is 0 Å². The Hall–Kier alpha value is -2.39. The Bertz CT molecular complexity index is 1130. The number of hydrogen-bond acceptors (Lipinski definition) is 6. The number of amides is 1. The summed E-state index contributed by atoms with van der Waals surface area (Å²) in [5, 5.41) is 21.9. The molecule has 0 unspecified atom stereocenters. The molecule has 0 radical (unpaired) electrons. The van der Waals surface area contributed by atoms with Crippen LogP contribution in [0.1, 0.15) is 41.3 Å². The molecular formula is C22H25Cl2N5O3. The topological polar surface area (TPSA) is 101 Å². The number of aliphatic hydroxyl groups excluding tert-OH is 1. The molecule has 1 amide bonds. The number of carbonyl (C=O) groups is 1. The van der Waals surface area contributed by atoms with Crippen molar-refractivity contribution in [3.05, 3.63) is 51.3 Å². The van der Waals surface area contributed by atoms with Gasteiger partial charge in [-0.2, -0.15) is 5.10 Å². The van der Waals surface area contributed by atoms with Gasteiger partial charge in [0.05, 0.1) is 39.5 Å². The van der Waals surface area contributed by atoms with E-state index in [9.17, 15) is 9.90 Å². The van der Waals surface area contributed by atoms with Crippen LogP contribution in [0, 0.1) is 0 Å².